The molecule has 0 radical (unpaired) electrons. The maximum atomic E-state index is 13.6. The van der Waals surface area contributed by atoms with E-state index in [0.717, 1.165) is 13.0 Å². The molecule has 86 valence electrons. The van der Waals surface area contributed by atoms with Gasteiger partial charge in [0.15, 0.2) is 0 Å². The number of hydrogen-bond donors (Lipinski definition) is 2. The number of carbonyl (C=O) groups is 1. The van der Waals surface area contributed by atoms with E-state index in [1.54, 1.807) is 18.2 Å². The molecule has 2 rings (SSSR count). The van der Waals surface area contributed by atoms with Crippen LogP contribution in [0.3, 0.4) is 0 Å². The number of benzene rings is 1. The van der Waals surface area contributed by atoms with E-state index in [0.29, 0.717) is 12.0 Å². The van der Waals surface area contributed by atoms with Crippen LogP contribution in [-0.4, -0.2) is 17.6 Å². The van der Waals surface area contributed by atoms with Crippen molar-refractivity contribution in [3.05, 3.63) is 35.6 Å². The van der Waals surface area contributed by atoms with E-state index in [9.17, 15) is 9.18 Å². The molecule has 2 atom stereocenters. The number of hydrogen-bond acceptors (Lipinski definition) is 2. The molecule has 1 aromatic rings. The first kappa shape index (κ1) is 11.1. The van der Waals surface area contributed by atoms with Gasteiger partial charge in [-0.2, -0.15) is 0 Å². The van der Waals surface area contributed by atoms with Gasteiger partial charge in [-0.1, -0.05) is 18.2 Å². The van der Waals surface area contributed by atoms with Crippen LogP contribution in [0.5, 0.6) is 0 Å². The summed E-state index contributed by atoms with van der Waals surface area (Å²) in [5.74, 6) is -1.74. The number of nitrogens with one attached hydrogen (secondary N) is 1. The van der Waals surface area contributed by atoms with Crippen LogP contribution < -0.4 is 5.32 Å². The fourth-order valence-electron chi connectivity index (χ4n) is 2.21. The first-order chi connectivity index (χ1) is 7.70. The van der Waals surface area contributed by atoms with E-state index in [-0.39, 0.29) is 5.82 Å². The predicted octanol–water partition coefficient (Wildman–Crippen LogP) is 1.95. The highest BCUT2D eigenvalue weighted by atomic mass is 19.1. The maximum Gasteiger partial charge on any atom is 0.308 e. The normalized spacial score (nSPS) is 25.3. The lowest BCUT2D eigenvalue weighted by Gasteiger charge is -2.30. The molecule has 1 aliphatic rings. The molecule has 0 bridgehead atoms. The van der Waals surface area contributed by atoms with Crippen molar-refractivity contribution in [3.63, 3.8) is 0 Å². The van der Waals surface area contributed by atoms with E-state index >= 15 is 0 Å². The molecule has 2 N–H and O–H groups in total. The minimum absolute atomic E-state index is 0.340. The summed E-state index contributed by atoms with van der Waals surface area (Å²) in [7, 11) is 0. The second-order valence-corrected chi connectivity index (χ2v) is 4.04. The quantitative estimate of drug-likeness (QED) is 0.805. The summed E-state index contributed by atoms with van der Waals surface area (Å²) in [6.07, 6.45) is 1.42. The Hall–Kier alpha value is -1.42. The van der Waals surface area contributed by atoms with Crippen molar-refractivity contribution >= 4 is 5.97 Å². The molecule has 1 heterocycles. The molecular formula is C12H14FNO2. The van der Waals surface area contributed by atoms with E-state index in [4.69, 9.17) is 5.11 Å². The van der Waals surface area contributed by atoms with Crippen molar-refractivity contribution in [2.24, 2.45) is 5.92 Å². The van der Waals surface area contributed by atoms with Gasteiger partial charge in [0.25, 0.3) is 0 Å². The first-order valence-electron chi connectivity index (χ1n) is 5.41. The molecule has 16 heavy (non-hydrogen) atoms. The summed E-state index contributed by atoms with van der Waals surface area (Å²) in [6, 6.07) is 5.94. The Labute approximate surface area is 93.3 Å². The molecule has 1 aliphatic heterocycles. The van der Waals surface area contributed by atoms with Crippen LogP contribution in [0.2, 0.25) is 0 Å². The number of carboxylic acid groups (broad SMARTS) is 1. The molecule has 0 aromatic heterocycles. The van der Waals surface area contributed by atoms with Crippen LogP contribution in [-0.2, 0) is 4.79 Å². The number of halogens is 1. The van der Waals surface area contributed by atoms with E-state index in [2.05, 4.69) is 5.32 Å². The smallest absolute Gasteiger partial charge is 0.308 e. The monoisotopic (exact) mass is 223 g/mol. The van der Waals surface area contributed by atoms with Crippen LogP contribution in [0, 0.1) is 11.7 Å². The van der Waals surface area contributed by atoms with Crippen LogP contribution in [0.15, 0.2) is 24.3 Å². The summed E-state index contributed by atoms with van der Waals surface area (Å²) < 4.78 is 13.6. The Kier molecular flexibility index (Phi) is 3.19. The van der Waals surface area contributed by atoms with Crippen molar-refractivity contribution in [2.45, 2.75) is 18.9 Å². The summed E-state index contributed by atoms with van der Waals surface area (Å²) in [4.78, 5) is 11.1. The molecule has 0 aliphatic carbocycles. The lowest BCUT2D eigenvalue weighted by Crippen LogP contribution is -2.38. The van der Waals surface area contributed by atoms with Crippen molar-refractivity contribution in [1.29, 1.82) is 0 Å². The van der Waals surface area contributed by atoms with E-state index in [1.807, 2.05) is 0 Å². The van der Waals surface area contributed by atoms with Gasteiger partial charge >= 0.3 is 5.97 Å². The zero-order valence-electron chi connectivity index (χ0n) is 8.82. The lowest BCUT2D eigenvalue weighted by molar-refractivity contribution is -0.143. The SMILES string of the molecule is O=C(O)C1CCCNC1c1ccccc1F. The fourth-order valence-corrected chi connectivity index (χ4v) is 2.21. The largest absolute Gasteiger partial charge is 0.481 e. The number of carboxylic acids is 1. The molecule has 1 saturated heterocycles. The predicted molar refractivity (Wildman–Crippen MR) is 57.5 cm³/mol. The first-order valence-corrected chi connectivity index (χ1v) is 5.41. The van der Waals surface area contributed by atoms with Crippen molar-refractivity contribution in [2.75, 3.05) is 6.54 Å². The van der Waals surface area contributed by atoms with Gasteiger partial charge in [-0.3, -0.25) is 4.79 Å². The third-order valence-electron chi connectivity index (χ3n) is 3.02. The average molecular weight is 223 g/mol. The molecular weight excluding hydrogens is 209 g/mol. The molecule has 0 spiro atoms. The van der Waals surface area contributed by atoms with Crippen molar-refractivity contribution < 1.29 is 14.3 Å². The van der Waals surface area contributed by atoms with Gasteiger partial charge in [0.2, 0.25) is 0 Å². The Morgan fingerprint density at radius 1 is 1.44 bits per heavy atom. The lowest BCUT2D eigenvalue weighted by atomic mass is 9.86. The summed E-state index contributed by atoms with van der Waals surface area (Å²) >= 11 is 0. The average Bonchev–Trinajstić information content (AvgIpc) is 2.29. The van der Waals surface area contributed by atoms with E-state index in [1.165, 1.54) is 6.07 Å². The molecule has 2 unspecified atom stereocenters. The van der Waals surface area contributed by atoms with Gasteiger partial charge in [-0.05, 0) is 25.5 Å². The van der Waals surface area contributed by atoms with E-state index < -0.39 is 17.9 Å². The summed E-state index contributed by atoms with van der Waals surface area (Å²) in [6.45, 7) is 0.739. The van der Waals surface area contributed by atoms with Crippen molar-refractivity contribution in [3.8, 4) is 0 Å². The molecule has 4 heteroatoms. The van der Waals surface area contributed by atoms with Gasteiger partial charge in [-0.15, -0.1) is 0 Å². The Morgan fingerprint density at radius 3 is 2.88 bits per heavy atom. The highest BCUT2D eigenvalue weighted by molar-refractivity contribution is 5.71. The molecule has 3 nitrogen and oxygen atoms in total. The summed E-state index contributed by atoms with van der Waals surface area (Å²) in [5.41, 5.74) is 0.453. The van der Waals surface area contributed by atoms with Gasteiger partial charge in [0.1, 0.15) is 5.82 Å². The van der Waals surface area contributed by atoms with Gasteiger partial charge in [0.05, 0.1) is 5.92 Å². The van der Waals surface area contributed by atoms with Crippen LogP contribution in [0.25, 0.3) is 0 Å². The van der Waals surface area contributed by atoms with Crippen LogP contribution in [0.4, 0.5) is 4.39 Å². The fraction of sp³-hybridized carbons (Fsp3) is 0.417. The molecule has 1 fully saturated rings. The van der Waals surface area contributed by atoms with Gasteiger partial charge in [0, 0.05) is 11.6 Å². The zero-order chi connectivity index (χ0) is 11.5. The molecule has 0 amide bonds. The van der Waals surface area contributed by atoms with Gasteiger partial charge < -0.3 is 10.4 Å². The topological polar surface area (TPSA) is 49.3 Å². The standard InChI is InChI=1S/C12H14FNO2/c13-10-6-2-1-4-8(10)11-9(12(15)16)5-3-7-14-11/h1-2,4,6,9,11,14H,3,5,7H2,(H,15,16). The Balaban J connectivity index is 2.30. The number of aliphatic carboxylic acids is 1. The minimum Gasteiger partial charge on any atom is -0.481 e. The highest BCUT2D eigenvalue weighted by Crippen LogP contribution is 2.30. The second-order valence-electron chi connectivity index (χ2n) is 4.04. The third kappa shape index (κ3) is 2.07. The zero-order valence-corrected chi connectivity index (χ0v) is 8.82. The Bertz CT molecular complexity index is 394. The second kappa shape index (κ2) is 4.61. The van der Waals surface area contributed by atoms with Gasteiger partial charge in [-0.25, -0.2) is 4.39 Å². The minimum atomic E-state index is -0.861. The molecule has 0 saturated carbocycles. The van der Waals surface area contributed by atoms with Crippen LogP contribution >= 0.6 is 0 Å². The summed E-state index contributed by atoms with van der Waals surface area (Å²) in [5, 5.41) is 12.2. The molecule has 1 aromatic carbocycles. The van der Waals surface area contributed by atoms with Crippen molar-refractivity contribution in [1.82, 2.24) is 5.32 Å². The van der Waals surface area contributed by atoms with Crippen LogP contribution in [0.1, 0.15) is 24.4 Å². The Morgan fingerprint density at radius 2 is 2.19 bits per heavy atom. The maximum absolute atomic E-state index is 13.6. The third-order valence-corrected chi connectivity index (χ3v) is 3.02. The number of rotatable bonds is 2. The number of piperidine rings is 1. The highest BCUT2D eigenvalue weighted by Gasteiger charge is 2.32.